The fraction of sp³-hybridized carbons (Fsp3) is 0.176. The summed E-state index contributed by atoms with van der Waals surface area (Å²) in [6.45, 7) is -0.0883. The lowest BCUT2D eigenvalue weighted by molar-refractivity contribution is -0.141. The van der Waals surface area contributed by atoms with E-state index < -0.39 is 17.7 Å². The van der Waals surface area contributed by atoms with Crippen molar-refractivity contribution in [3.05, 3.63) is 68.9 Å². The summed E-state index contributed by atoms with van der Waals surface area (Å²) in [5.41, 5.74) is 0.914. The largest absolute Gasteiger partial charge is 0.468 e. The fourth-order valence-corrected chi connectivity index (χ4v) is 2.60. The molecule has 0 spiro atoms. The van der Waals surface area contributed by atoms with Crippen LogP contribution in [-0.2, 0) is 16.1 Å². The smallest absolute Gasteiger partial charge is 0.325 e. The van der Waals surface area contributed by atoms with Gasteiger partial charge in [-0.15, -0.1) is 0 Å². The van der Waals surface area contributed by atoms with Crippen LogP contribution in [0.25, 0.3) is 0 Å². The maximum absolute atomic E-state index is 13.5. The van der Waals surface area contributed by atoms with Crippen LogP contribution in [0.4, 0.5) is 4.39 Å². The van der Waals surface area contributed by atoms with E-state index >= 15 is 0 Å². The van der Waals surface area contributed by atoms with Gasteiger partial charge in [-0.2, -0.15) is 0 Å². The maximum Gasteiger partial charge on any atom is 0.325 e. The molecular formula is C17H14BrClFNO3. The van der Waals surface area contributed by atoms with Crippen LogP contribution in [0.2, 0.25) is 5.02 Å². The number of hydrogen-bond acceptors (Lipinski definition) is 3. The molecule has 7 heteroatoms. The van der Waals surface area contributed by atoms with Crippen LogP contribution < -0.4 is 0 Å². The average Bonchev–Trinajstić information content (AvgIpc) is 2.57. The normalized spacial score (nSPS) is 10.3. The third-order valence-electron chi connectivity index (χ3n) is 3.28. The summed E-state index contributed by atoms with van der Waals surface area (Å²) in [5.74, 6) is -1.59. The molecule has 0 atom stereocenters. The second-order valence-corrected chi connectivity index (χ2v) is 6.28. The second kappa shape index (κ2) is 8.26. The molecule has 4 nitrogen and oxygen atoms in total. The minimum Gasteiger partial charge on any atom is -0.468 e. The molecule has 2 rings (SSSR count). The van der Waals surface area contributed by atoms with E-state index in [0.29, 0.717) is 9.50 Å². The van der Waals surface area contributed by atoms with Crippen molar-refractivity contribution in [1.82, 2.24) is 4.90 Å². The quantitative estimate of drug-likeness (QED) is 0.693. The first-order valence-corrected chi connectivity index (χ1v) is 8.13. The van der Waals surface area contributed by atoms with E-state index in [9.17, 15) is 14.0 Å². The monoisotopic (exact) mass is 413 g/mol. The molecular weight excluding hydrogens is 401 g/mol. The van der Waals surface area contributed by atoms with E-state index in [1.807, 2.05) is 0 Å². The van der Waals surface area contributed by atoms with Crippen molar-refractivity contribution >= 4 is 39.4 Å². The van der Waals surface area contributed by atoms with Crippen molar-refractivity contribution in [3.8, 4) is 0 Å². The van der Waals surface area contributed by atoms with Gasteiger partial charge in [-0.05, 0) is 51.8 Å². The maximum atomic E-state index is 13.5. The number of carbonyl (C=O) groups excluding carboxylic acids is 2. The van der Waals surface area contributed by atoms with Gasteiger partial charge in [0, 0.05) is 16.0 Å². The van der Waals surface area contributed by atoms with Gasteiger partial charge in [-0.25, -0.2) is 4.39 Å². The standard InChI is InChI=1S/C17H14BrClFNO3/c1-24-16(22)10-21(9-11-2-4-12(19)5-3-11)17(23)14-8-13(20)6-7-15(14)18/h2-8H,9-10H2,1H3. The molecule has 0 aliphatic rings. The highest BCUT2D eigenvalue weighted by molar-refractivity contribution is 9.10. The molecule has 0 aliphatic carbocycles. The summed E-state index contributed by atoms with van der Waals surface area (Å²) >= 11 is 9.08. The molecule has 0 unspecified atom stereocenters. The van der Waals surface area contributed by atoms with Crippen LogP contribution in [0.5, 0.6) is 0 Å². The lowest BCUT2D eigenvalue weighted by atomic mass is 10.1. The van der Waals surface area contributed by atoms with E-state index in [4.69, 9.17) is 11.6 Å². The molecule has 0 bridgehead atoms. The topological polar surface area (TPSA) is 46.6 Å². The summed E-state index contributed by atoms with van der Waals surface area (Å²) < 4.78 is 18.6. The molecule has 0 saturated heterocycles. The molecule has 24 heavy (non-hydrogen) atoms. The molecule has 0 radical (unpaired) electrons. The second-order valence-electron chi connectivity index (χ2n) is 4.99. The number of amides is 1. The molecule has 1 amide bonds. The van der Waals surface area contributed by atoms with Gasteiger partial charge in [-0.1, -0.05) is 23.7 Å². The Hall–Kier alpha value is -1.92. The van der Waals surface area contributed by atoms with Crippen LogP contribution in [-0.4, -0.2) is 30.4 Å². The summed E-state index contributed by atoms with van der Waals surface area (Å²) in [6.07, 6.45) is 0. The Morgan fingerprint density at radius 1 is 1.21 bits per heavy atom. The number of benzene rings is 2. The van der Waals surface area contributed by atoms with Gasteiger partial charge in [0.2, 0.25) is 0 Å². The van der Waals surface area contributed by atoms with Gasteiger partial charge in [0.05, 0.1) is 12.7 Å². The zero-order chi connectivity index (χ0) is 17.7. The van der Waals surface area contributed by atoms with Gasteiger partial charge < -0.3 is 9.64 Å². The molecule has 0 aromatic heterocycles. The zero-order valence-electron chi connectivity index (χ0n) is 12.8. The third-order valence-corrected chi connectivity index (χ3v) is 4.22. The Bertz CT molecular complexity index is 752. The van der Waals surface area contributed by atoms with Crippen molar-refractivity contribution in [3.63, 3.8) is 0 Å². The van der Waals surface area contributed by atoms with Gasteiger partial charge >= 0.3 is 5.97 Å². The fourth-order valence-electron chi connectivity index (χ4n) is 2.06. The summed E-state index contributed by atoms with van der Waals surface area (Å²) in [5, 5.41) is 0.567. The van der Waals surface area contributed by atoms with Gasteiger partial charge in [0.1, 0.15) is 12.4 Å². The molecule has 0 N–H and O–H groups in total. The van der Waals surface area contributed by atoms with Crippen molar-refractivity contribution in [2.24, 2.45) is 0 Å². The van der Waals surface area contributed by atoms with Crippen molar-refractivity contribution < 1.29 is 18.7 Å². The Labute approximate surface area is 152 Å². The van der Waals surface area contributed by atoms with Crippen LogP contribution in [0, 0.1) is 5.82 Å². The number of rotatable bonds is 5. The third kappa shape index (κ3) is 4.79. The minimum atomic E-state index is -0.565. The molecule has 126 valence electrons. The first-order valence-electron chi connectivity index (χ1n) is 6.96. The number of methoxy groups -OCH3 is 1. The predicted molar refractivity (Wildman–Crippen MR) is 92.3 cm³/mol. The summed E-state index contributed by atoms with van der Waals surface area (Å²) in [7, 11) is 1.24. The van der Waals surface area contributed by atoms with E-state index in [1.54, 1.807) is 24.3 Å². The molecule has 0 fully saturated rings. The first-order chi connectivity index (χ1) is 11.4. The predicted octanol–water partition coefficient (Wildman–Crippen LogP) is 4.06. The Morgan fingerprint density at radius 2 is 1.88 bits per heavy atom. The van der Waals surface area contributed by atoms with Crippen LogP contribution in [0.15, 0.2) is 46.9 Å². The van der Waals surface area contributed by atoms with Gasteiger partial charge in [0.15, 0.2) is 0 Å². The first kappa shape index (κ1) is 18.4. The minimum absolute atomic E-state index is 0.132. The number of hydrogen-bond donors (Lipinski definition) is 0. The molecule has 0 saturated carbocycles. The number of carbonyl (C=O) groups is 2. The SMILES string of the molecule is COC(=O)CN(Cc1ccc(Cl)cc1)C(=O)c1cc(F)ccc1Br. The number of esters is 1. The summed E-state index contributed by atoms with van der Waals surface area (Å²) in [6, 6.07) is 10.7. The van der Waals surface area contributed by atoms with Crippen LogP contribution >= 0.6 is 27.5 Å². The Morgan fingerprint density at radius 3 is 2.50 bits per heavy atom. The lowest BCUT2D eigenvalue weighted by Gasteiger charge is -2.22. The van der Waals surface area contributed by atoms with Gasteiger partial charge in [0.25, 0.3) is 5.91 Å². The highest BCUT2D eigenvalue weighted by atomic mass is 79.9. The number of ether oxygens (including phenoxy) is 1. The highest BCUT2D eigenvalue weighted by Gasteiger charge is 2.22. The van der Waals surface area contributed by atoms with E-state index in [2.05, 4.69) is 20.7 Å². The van der Waals surface area contributed by atoms with E-state index in [-0.39, 0.29) is 18.7 Å². The molecule has 2 aromatic carbocycles. The number of halogens is 3. The molecule has 0 heterocycles. The van der Waals surface area contributed by atoms with E-state index in [1.165, 1.54) is 24.1 Å². The van der Waals surface area contributed by atoms with Crippen LogP contribution in [0.1, 0.15) is 15.9 Å². The molecule has 0 aliphatic heterocycles. The van der Waals surface area contributed by atoms with Crippen molar-refractivity contribution in [2.45, 2.75) is 6.54 Å². The summed E-state index contributed by atoms with van der Waals surface area (Å²) in [4.78, 5) is 25.7. The van der Waals surface area contributed by atoms with Crippen molar-refractivity contribution in [1.29, 1.82) is 0 Å². The van der Waals surface area contributed by atoms with E-state index in [0.717, 1.165) is 11.6 Å². The molecule has 2 aromatic rings. The Kier molecular flexibility index (Phi) is 6.34. The lowest BCUT2D eigenvalue weighted by Crippen LogP contribution is -2.36. The average molecular weight is 415 g/mol. The highest BCUT2D eigenvalue weighted by Crippen LogP contribution is 2.21. The van der Waals surface area contributed by atoms with Crippen molar-refractivity contribution in [2.75, 3.05) is 13.7 Å². The van der Waals surface area contributed by atoms with Crippen LogP contribution in [0.3, 0.4) is 0 Å². The Balaban J connectivity index is 2.30. The zero-order valence-corrected chi connectivity index (χ0v) is 15.1. The number of nitrogens with zero attached hydrogens (tertiary/aromatic N) is 1. The van der Waals surface area contributed by atoms with Gasteiger partial charge in [-0.3, -0.25) is 9.59 Å².